The number of primary amides is 1. The van der Waals surface area contributed by atoms with E-state index >= 15 is 0 Å². The highest BCUT2D eigenvalue weighted by atomic mass is 16.3. The van der Waals surface area contributed by atoms with Gasteiger partial charge in [-0.1, -0.05) is 0 Å². The van der Waals surface area contributed by atoms with Crippen LogP contribution >= 0.6 is 0 Å². The van der Waals surface area contributed by atoms with Crippen LogP contribution in [0, 0.1) is 0 Å². The first-order chi connectivity index (χ1) is 7.59. The molecule has 2 heterocycles. The molecule has 0 aliphatic carbocycles. The fourth-order valence-electron chi connectivity index (χ4n) is 2.42. The van der Waals surface area contributed by atoms with Crippen molar-refractivity contribution < 1.29 is 14.7 Å². The Morgan fingerprint density at radius 1 is 1.44 bits per heavy atom. The molecule has 2 aliphatic heterocycles. The van der Waals surface area contributed by atoms with E-state index < -0.39 is 18.1 Å². The Kier molecular flexibility index (Phi) is 3.11. The van der Waals surface area contributed by atoms with Gasteiger partial charge in [-0.05, 0) is 19.4 Å². The van der Waals surface area contributed by atoms with Crippen LogP contribution in [0.1, 0.15) is 19.3 Å². The van der Waals surface area contributed by atoms with Crippen LogP contribution in [0.25, 0.3) is 0 Å². The van der Waals surface area contributed by atoms with E-state index in [9.17, 15) is 14.7 Å². The topological polar surface area (TPSA) is 95.7 Å². The Morgan fingerprint density at radius 2 is 2.19 bits per heavy atom. The molecule has 4 N–H and O–H groups in total. The number of hydrogen-bond donors (Lipinski definition) is 3. The summed E-state index contributed by atoms with van der Waals surface area (Å²) >= 11 is 0. The summed E-state index contributed by atoms with van der Waals surface area (Å²) in [5.74, 6) is -0.652. The average Bonchev–Trinajstić information content (AvgIpc) is 2.84. The molecule has 6 heteroatoms. The summed E-state index contributed by atoms with van der Waals surface area (Å²) in [4.78, 5) is 24.6. The molecule has 0 aromatic carbocycles. The summed E-state index contributed by atoms with van der Waals surface area (Å²) in [6, 6.07) is -0.864. The van der Waals surface area contributed by atoms with E-state index in [0.29, 0.717) is 0 Å². The zero-order valence-corrected chi connectivity index (χ0v) is 9.06. The molecule has 2 fully saturated rings. The van der Waals surface area contributed by atoms with E-state index in [0.717, 1.165) is 19.4 Å². The first kappa shape index (κ1) is 11.3. The second kappa shape index (κ2) is 4.39. The monoisotopic (exact) mass is 227 g/mol. The molecule has 6 nitrogen and oxygen atoms in total. The fourth-order valence-corrected chi connectivity index (χ4v) is 2.42. The molecular formula is C10H17N3O3. The summed E-state index contributed by atoms with van der Waals surface area (Å²) in [6.07, 6.45) is 1.38. The van der Waals surface area contributed by atoms with Crippen LogP contribution in [0.3, 0.4) is 0 Å². The first-order valence-electron chi connectivity index (χ1n) is 5.61. The molecule has 2 aliphatic rings. The van der Waals surface area contributed by atoms with Crippen molar-refractivity contribution in [3.05, 3.63) is 0 Å². The SMILES string of the molecule is NC(=O)C1CC(O)CN1C(=O)[C@H]1CCCN1. The Hall–Kier alpha value is -1.14. The van der Waals surface area contributed by atoms with E-state index in [2.05, 4.69) is 5.32 Å². The van der Waals surface area contributed by atoms with Crippen molar-refractivity contribution >= 4 is 11.8 Å². The van der Waals surface area contributed by atoms with Crippen molar-refractivity contribution in [2.45, 2.75) is 37.5 Å². The van der Waals surface area contributed by atoms with Crippen molar-refractivity contribution in [1.29, 1.82) is 0 Å². The van der Waals surface area contributed by atoms with Crippen LogP contribution in [0.4, 0.5) is 0 Å². The summed E-state index contributed by atoms with van der Waals surface area (Å²) in [5.41, 5.74) is 5.22. The molecule has 90 valence electrons. The van der Waals surface area contributed by atoms with Gasteiger partial charge in [-0.25, -0.2) is 0 Å². The van der Waals surface area contributed by atoms with E-state index in [4.69, 9.17) is 5.73 Å². The van der Waals surface area contributed by atoms with Gasteiger partial charge in [0.2, 0.25) is 11.8 Å². The van der Waals surface area contributed by atoms with Crippen LogP contribution < -0.4 is 11.1 Å². The fraction of sp³-hybridized carbons (Fsp3) is 0.800. The number of likely N-dealkylation sites (tertiary alicyclic amines) is 1. The molecule has 0 aromatic heterocycles. The molecule has 16 heavy (non-hydrogen) atoms. The molecule has 3 atom stereocenters. The molecule has 0 bridgehead atoms. The number of nitrogens with two attached hydrogens (primary N) is 1. The predicted octanol–water partition coefficient (Wildman–Crippen LogP) is -1.81. The number of amides is 2. The minimum Gasteiger partial charge on any atom is -0.391 e. The lowest BCUT2D eigenvalue weighted by atomic mass is 10.1. The molecule has 2 unspecified atom stereocenters. The predicted molar refractivity (Wildman–Crippen MR) is 56.3 cm³/mol. The lowest BCUT2D eigenvalue weighted by Crippen LogP contribution is -2.50. The maximum atomic E-state index is 12.1. The van der Waals surface area contributed by atoms with Crippen molar-refractivity contribution in [1.82, 2.24) is 10.2 Å². The number of nitrogens with zero attached hydrogens (tertiary/aromatic N) is 1. The summed E-state index contributed by atoms with van der Waals surface area (Å²) in [6.45, 7) is 1.04. The third-order valence-electron chi connectivity index (χ3n) is 3.25. The zero-order valence-electron chi connectivity index (χ0n) is 9.06. The number of hydrogen-bond acceptors (Lipinski definition) is 4. The Bertz CT molecular complexity index is 302. The smallest absolute Gasteiger partial charge is 0.240 e. The molecule has 0 aromatic rings. The quantitative estimate of drug-likeness (QED) is 0.518. The number of β-amino-alcohol motifs (C(OH)–C–C–N with tert-alkyl or cyclic N) is 1. The van der Waals surface area contributed by atoms with Gasteiger partial charge in [0, 0.05) is 13.0 Å². The largest absolute Gasteiger partial charge is 0.391 e. The zero-order chi connectivity index (χ0) is 11.7. The van der Waals surface area contributed by atoms with Crippen LogP contribution in [0.5, 0.6) is 0 Å². The highest BCUT2D eigenvalue weighted by molar-refractivity contribution is 5.89. The lowest BCUT2D eigenvalue weighted by Gasteiger charge is -2.25. The summed E-state index contributed by atoms with van der Waals surface area (Å²) in [7, 11) is 0. The standard InChI is InChI=1S/C10H17N3O3/c11-9(15)8-4-6(14)5-13(8)10(16)7-2-1-3-12-7/h6-8,12,14H,1-5H2,(H2,11,15)/t6?,7-,8?/m1/s1. The van der Waals surface area contributed by atoms with Crippen LogP contribution in [-0.2, 0) is 9.59 Å². The highest BCUT2D eigenvalue weighted by Gasteiger charge is 2.40. The number of nitrogens with one attached hydrogen (secondary N) is 1. The van der Waals surface area contributed by atoms with E-state index in [1.165, 1.54) is 4.90 Å². The van der Waals surface area contributed by atoms with Crippen molar-refractivity contribution in [2.75, 3.05) is 13.1 Å². The van der Waals surface area contributed by atoms with Gasteiger partial charge in [0.25, 0.3) is 0 Å². The maximum absolute atomic E-state index is 12.1. The van der Waals surface area contributed by atoms with Crippen molar-refractivity contribution in [3.63, 3.8) is 0 Å². The number of rotatable bonds is 2. The third kappa shape index (κ3) is 2.03. The van der Waals surface area contributed by atoms with Crippen LogP contribution in [-0.4, -0.2) is 53.1 Å². The van der Waals surface area contributed by atoms with E-state index in [1.807, 2.05) is 0 Å². The summed E-state index contributed by atoms with van der Waals surface area (Å²) in [5, 5.41) is 12.6. The average molecular weight is 227 g/mol. The van der Waals surface area contributed by atoms with E-state index in [1.54, 1.807) is 0 Å². The van der Waals surface area contributed by atoms with E-state index in [-0.39, 0.29) is 24.9 Å². The lowest BCUT2D eigenvalue weighted by molar-refractivity contribution is -0.138. The number of carbonyl (C=O) groups is 2. The van der Waals surface area contributed by atoms with Crippen LogP contribution in [0.2, 0.25) is 0 Å². The molecular weight excluding hydrogens is 210 g/mol. The van der Waals surface area contributed by atoms with Gasteiger partial charge in [-0.15, -0.1) is 0 Å². The Morgan fingerprint density at radius 3 is 2.75 bits per heavy atom. The van der Waals surface area contributed by atoms with Gasteiger partial charge in [0.05, 0.1) is 12.1 Å². The second-order valence-electron chi connectivity index (χ2n) is 4.45. The Labute approximate surface area is 93.8 Å². The molecule has 0 radical (unpaired) electrons. The molecule has 2 rings (SSSR count). The van der Waals surface area contributed by atoms with Gasteiger partial charge in [0.1, 0.15) is 6.04 Å². The number of aliphatic hydroxyl groups is 1. The highest BCUT2D eigenvalue weighted by Crippen LogP contribution is 2.20. The van der Waals surface area contributed by atoms with Gasteiger partial charge in [0.15, 0.2) is 0 Å². The first-order valence-corrected chi connectivity index (χ1v) is 5.61. The van der Waals surface area contributed by atoms with Crippen molar-refractivity contribution in [2.24, 2.45) is 5.73 Å². The van der Waals surface area contributed by atoms with Gasteiger partial charge in [-0.2, -0.15) is 0 Å². The third-order valence-corrected chi connectivity index (χ3v) is 3.25. The van der Waals surface area contributed by atoms with Gasteiger partial charge in [-0.3, -0.25) is 9.59 Å². The van der Waals surface area contributed by atoms with Gasteiger partial charge >= 0.3 is 0 Å². The minimum atomic E-state index is -0.648. The van der Waals surface area contributed by atoms with Crippen LogP contribution in [0.15, 0.2) is 0 Å². The van der Waals surface area contributed by atoms with Gasteiger partial charge < -0.3 is 21.1 Å². The maximum Gasteiger partial charge on any atom is 0.240 e. The molecule has 2 amide bonds. The van der Waals surface area contributed by atoms with Crippen molar-refractivity contribution in [3.8, 4) is 0 Å². The molecule has 2 saturated heterocycles. The Balaban J connectivity index is 2.06. The number of carbonyl (C=O) groups excluding carboxylic acids is 2. The summed E-state index contributed by atoms with van der Waals surface area (Å²) < 4.78 is 0. The minimum absolute atomic E-state index is 0.113. The second-order valence-corrected chi connectivity index (χ2v) is 4.45. The molecule has 0 spiro atoms. The molecule has 0 saturated carbocycles. The number of aliphatic hydroxyl groups excluding tert-OH is 1. The normalized spacial score (nSPS) is 34.3.